The van der Waals surface area contributed by atoms with Crippen molar-refractivity contribution in [2.75, 3.05) is 17.2 Å². The SMILES string of the molecule is CCNc1c(F)cccc1C(=O)Nc1ccc(Cl)cc1. The van der Waals surface area contributed by atoms with Crippen LogP contribution >= 0.6 is 11.6 Å². The molecule has 5 heteroatoms. The molecule has 0 aliphatic carbocycles. The van der Waals surface area contributed by atoms with Crippen LogP contribution in [0.3, 0.4) is 0 Å². The number of para-hydroxylation sites is 1. The molecule has 104 valence electrons. The van der Waals surface area contributed by atoms with Crippen molar-refractivity contribution >= 4 is 28.9 Å². The number of carbonyl (C=O) groups is 1. The summed E-state index contributed by atoms with van der Waals surface area (Å²) >= 11 is 5.78. The Bertz CT molecular complexity index is 614. The number of rotatable bonds is 4. The van der Waals surface area contributed by atoms with Crippen molar-refractivity contribution in [3.63, 3.8) is 0 Å². The Morgan fingerprint density at radius 2 is 1.90 bits per heavy atom. The zero-order valence-corrected chi connectivity index (χ0v) is 11.7. The summed E-state index contributed by atoms with van der Waals surface area (Å²) in [5.41, 5.74) is 1.08. The minimum Gasteiger partial charge on any atom is -0.382 e. The number of benzene rings is 2. The van der Waals surface area contributed by atoms with E-state index >= 15 is 0 Å². The standard InChI is InChI=1S/C15H14ClFN2O/c1-2-18-14-12(4-3-5-13(14)17)15(20)19-11-8-6-10(16)7-9-11/h3-9,18H,2H2,1H3,(H,19,20). The molecule has 2 aromatic carbocycles. The van der Waals surface area contributed by atoms with Gasteiger partial charge in [0, 0.05) is 17.3 Å². The van der Waals surface area contributed by atoms with Crippen LogP contribution in [-0.2, 0) is 0 Å². The molecule has 2 rings (SSSR count). The van der Waals surface area contributed by atoms with Crippen LogP contribution < -0.4 is 10.6 Å². The molecule has 0 bridgehead atoms. The van der Waals surface area contributed by atoms with E-state index < -0.39 is 5.82 Å². The van der Waals surface area contributed by atoms with E-state index in [1.165, 1.54) is 12.1 Å². The van der Waals surface area contributed by atoms with E-state index in [0.717, 1.165) is 0 Å². The Kier molecular flexibility index (Phi) is 4.58. The molecule has 0 aromatic heterocycles. The third-order valence-electron chi connectivity index (χ3n) is 2.71. The molecule has 0 atom stereocenters. The van der Waals surface area contributed by atoms with Crippen molar-refractivity contribution in [2.24, 2.45) is 0 Å². The van der Waals surface area contributed by atoms with Crippen LogP contribution in [0.15, 0.2) is 42.5 Å². The number of nitrogens with one attached hydrogen (secondary N) is 2. The van der Waals surface area contributed by atoms with Crippen LogP contribution in [0.2, 0.25) is 5.02 Å². The molecule has 2 N–H and O–H groups in total. The Hall–Kier alpha value is -2.07. The predicted molar refractivity (Wildman–Crippen MR) is 80.0 cm³/mol. The third kappa shape index (κ3) is 3.27. The molecule has 1 amide bonds. The first-order valence-electron chi connectivity index (χ1n) is 6.21. The largest absolute Gasteiger partial charge is 0.382 e. The molecule has 0 heterocycles. The van der Waals surface area contributed by atoms with Gasteiger partial charge < -0.3 is 10.6 Å². The molecule has 20 heavy (non-hydrogen) atoms. The predicted octanol–water partition coefficient (Wildman–Crippen LogP) is 4.16. The minimum atomic E-state index is -0.449. The molecule has 0 radical (unpaired) electrons. The molecule has 0 saturated heterocycles. The van der Waals surface area contributed by atoms with Gasteiger partial charge >= 0.3 is 0 Å². The maximum absolute atomic E-state index is 13.7. The first-order chi connectivity index (χ1) is 9.61. The monoisotopic (exact) mass is 292 g/mol. The molecule has 3 nitrogen and oxygen atoms in total. The average molecular weight is 293 g/mol. The highest BCUT2D eigenvalue weighted by atomic mass is 35.5. The van der Waals surface area contributed by atoms with Crippen LogP contribution in [-0.4, -0.2) is 12.5 Å². The maximum Gasteiger partial charge on any atom is 0.257 e. The Morgan fingerprint density at radius 1 is 1.20 bits per heavy atom. The smallest absolute Gasteiger partial charge is 0.257 e. The van der Waals surface area contributed by atoms with Crippen LogP contribution in [0.5, 0.6) is 0 Å². The average Bonchev–Trinajstić information content (AvgIpc) is 2.43. The number of carbonyl (C=O) groups excluding carboxylic acids is 1. The number of hydrogen-bond donors (Lipinski definition) is 2. The minimum absolute atomic E-state index is 0.210. The highest BCUT2D eigenvalue weighted by molar-refractivity contribution is 6.30. The van der Waals surface area contributed by atoms with Gasteiger partial charge in [0.15, 0.2) is 0 Å². The zero-order chi connectivity index (χ0) is 14.5. The molecule has 0 fully saturated rings. The first-order valence-corrected chi connectivity index (χ1v) is 6.59. The van der Waals surface area contributed by atoms with E-state index in [-0.39, 0.29) is 17.2 Å². The van der Waals surface area contributed by atoms with Crippen molar-refractivity contribution in [2.45, 2.75) is 6.92 Å². The fraction of sp³-hybridized carbons (Fsp3) is 0.133. The number of hydrogen-bond acceptors (Lipinski definition) is 2. The van der Waals surface area contributed by atoms with Crippen LogP contribution in [0.4, 0.5) is 15.8 Å². The lowest BCUT2D eigenvalue weighted by Crippen LogP contribution is -2.15. The van der Waals surface area contributed by atoms with Crippen LogP contribution in [0.25, 0.3) is 0 Å². The molecule has 0 saturated carbocycles. The quantitative estimate of drug-likeness (QED) is 0.888. The normalized spacial score (nSPS) is 10.2. The third-order valence-corrected chi connectivity index (χ3v) is 2.97. The van der Waals surface area contributed by atoms with Gasteiger partial charge in [-0.2, -0.15) is 0 Å². The van der Waals surface area contributed by atoms with E-state index in [4.69, 9.17) is 11.6 Å². The van der Waals surface area contributed by atoms with E-state index in [1.807, 2.05) is 6.92 Å². The second-order valence-corrected chi connectivity index (χ2v) is 4.59. The van der Waals surface area contributed by atoms with Crippen molar-refractivity contribution in [3.8, 4) is 0 Å². The molecule has 0 aliphatic heterocycles. The highest BCUT2D eigenvalue weighted by Crippen LogP contribution is 2.21. The van der Waals surface area contributed by atoms with E-state index in [1.54, 1.807) is 30.3 Å². The second kappa shape index (κ2) is 6.39. The Labute approximate surface area is 121 Å². The molecule has 0 aliphatic rings. The Balaban J connectivity index is 2.25. The second-order valence-electron chi connectivity index (χ2n) is 4.15. The summed E-state index contributed by atoms with van der Waals surface area (Å²) in [7, 11) is 0. The van der Waals surface area contributed by atoms with Gasteiger partial charge in [0.25, 0.3) is 5.91 Å². The molecular formula is C15H14ClFN2O. The van der Waals surface area contributed by atoms with Gasteiger partial charge in [-0.15, -0.1) is 0 Å². The van der Waals surface area contributed by atoms with Gasteiger partial charge in [0.05, 0.1) is 11.3 Å². The molecule has 0 unspecified atom stereocenters. The fourth-order valence-corrected chi connectivity index (χ4v) is 1.93. The lowest BCUT2D eigenvalue weighted by Gasteiger charge is -2.12. The first kappa shape index (κ1) is 14.3. The van der Waals surface area contributed by atoms with Crippen molar-refractivity contribution < 1.29 is 9.18 Å². The topological polar surface area (TPSA) is 41.1 Å². The molecule has 2 aromatic rings. The maximum atomic E-state index is 13.7. The summed E-state index contributed by atoms with van der Waals surface area (Å²) in [4.78, 5) is 12.2. The summed E-state index contributed by atoms with van der Waals surface area (Å²) in [6.07, 6.45) is 0. The lowest BCUT2D eigenvalue weighted by atomic mass is 10.1. The van der Waals surface area contributed by atoms with Crippen molar-refractivity contribution in [3.05, 3.63) is 58.9 Å². The Morgan fingerprint density at radius 3 is 2.55 bits per heavy atom. The molecular weight excluding hydrogens is 279 g/mol. The van der Waals surface area contributed by atoms with Gasteiger partial charge in [0.1, 0.15) is 5.82 Å². The number of amides is 1. The fourth-order valence-electron chi connectivity index (χ4n) is 1.80. The van der Waals surface area contributed by atoms with Gasteiger partial charge in [0.2, 0.25) is 0 Å². The molecule has 0 spiro atoms. The number of halogens is 2. The summed E-state index contributed by atoms with van der Waals surface area (Å²) in [5, 5.41) is 6.16. The van der Waals surface area contributed by atoms with Gasteiger partial charge in [-0.25, -0.2) is 4.39 Å². The van der Waals surface area contributed by atoms with Crippen LogP contribution in [0.1, 0.15) is 17.3 Å². The lowest BCUT2D eigenvalue weighted by molar-refractivity contribution is 0.102. The van der Waals surface area contributed by atoms with Crippen molar-refractivity contribution in [1.82, 2.24) is 0 Å². The van der Waals surface area contributed by atoms with Gasteiger partial charge in [-0.1, -0.05) is 17.7 Å². The van der Waals surface area contributed by atoms with Gasteiger partial charge in [-0.05, 0) is 43.3 Å². The van der Waals surface area contributed by atoms with E-state index in [2.05, 4.69) is 10.6 Å². The van der Waals surface area contributed by atoms with Crippen LogP contribution in [0, 0.1) is 5.82 Å². The summed E-state index contributed by atoms with van der Waals surface area (Å²) in [6.45, 7) is 2.37. The van der Waals surface area contributed by atoms with Crippen molar-refractivity contribution in [1.29, 1.82) is 0 Å². The summed E-state index contributed by atoms with van der Waals surface area (Å²) in [6, 6.07) is 11.1. The van der Waals surface area contributed by atoms with E-state index in [9.17, 15) is 9.18 Å². The highest BCUT2D eigenvalue weighted by Gasteiger charge is 2.14. The number of anilines is 2. The summed E-state index contributed by atoms with van der Waals surface area (Å²) in [5.74, 6) is -0.821. The zero-order valence-electron chi connectivity index (χ0n) is 10.9. The summed E-state index contributed by atoms with van der Waals surface area (Å²) < 4.78 is 13.7. The van der Waals surface area contributed by atoms with E-state index in [0.29, 0.717) is 17.3 Å². The van der Waals surface area contributed by atoms with Gasteiger partial charge in [-0.3, -0.25) is 4.79 Å².